The van der Waals surface area contributed by atoms with Crippen molar-refractivity contribution in [3.8, 4) is 5.75 Å². The largest absolute Gasteiger partial charge is 0.486 e. The van der Waals surface area contributed by atoms with Crippen molar-refractivity contribution < 1.29 is 14.6 Å². The summed E-state index contributed by atoms with van der Waals surface area (Å²) in [6.45, 7) is 7.69. The van der Waals surface area contributed by atoms with Crippen molar-refractivity contribution in [3.05, 3.63) is 29.8 Å². The van der Waals surface area contributed by atoms with Gasteiger partial charge in [0, 0.05) is 12.6 Å². The van der Waals surface area contributed by atoms with Gasteiger partial charge < -0.3 is 14.7 Å². The summed E-state index contributed by atoms with van der Waals surface area (Å²) in [6, 6.07) is 6.34. The Morgan fingerprint density at radius 3 is 1.89 bits per heavy atom. The van der Waals surface area contributed by atoms with Gasteiger partial charge in [-0.3, -0.25) is 0 Å². The maximum absolute atomic E-state index is 10.8. The molecule has 0 saturated carbocycles. The van der Waals surface area contributed by atoms with E-state index in [4.69, 9.17) is 9.84 Å². The van der Waals surface area contributed by atoms with Crippen molar-refractivity contribution in [1.82, 2.24) is 0 Å². The van der Waals surface area contributed by atoms with Crippen LogP contribution in [0, 0.1) is 0 Å². The van der Waals surface area contributed by atoms with Crippen LogP contribution in [0.1, 0.15) is 129 Å². The van der Waals surface area contributed by atoms with E-state index in [1.165, 1.54) is 109 Å². The van der Waals surface area contributed by atoms with E-state index < -0.39 is 5.97 Å². The zero-order chi connectivity index (χ0) is 25.3. The molecule has 0 fully saturated rings. The number of rotatable bonds is 19. The fourth-order valence-electron chi connectivity index (χ4n) is 5.06. The van der Waals surface area contributed by atoms with Crippen LogP contribution in [0.5, 0.6) is 5.75 Å². The minimum absolute atomic E-state index is 0.113. The van der Waals surface area contributed by atoms with Crippen LogP contribution >= 0.6 is 0 Å². The number of nitrogens with zero attached hydrogens (tertiary/aromatic N) is 1. The number of carboxylic acids is 1. The van der Waals surface area contributed by atoms with E-state index in [9.17, 15) is 4.79 Å². The van der Waals surface area contributed by atoms with E-state index in [2.05, 4.69) is 31.7 Å². The van der Waals surface area contributed by atoms with Crippen molar-refractivity contribution in [2.75, 3.05) is 11.4 Å². The Balaban J connectivity index is 1.56. The Morgan fingerprint density at radius 2 is 1.37 bits per heavy atom. The van der Waals surface area contributed by atoms with Crippen molar-refractivity contribution in [2.45, 2.75) is 136 Å². The Hall–Kier alpha value is -1.97. The molecule has 0 aromatic heterocycles. The number of benzene rings is 1. The standard InChI is InChI=1S/C31H51NO3/c1-4-5-6-7-8-9-10-11-12-13-14-15-16-17-18-19-24-32-26(2)27(3)35-30-25-28(20-22-29(30)32)21-23-31(33)34/h20-23,25-27H,4-19,24H2,1-3H3,(H,33,34). The zero-order valence-electron chi connectivity index (χ0n) is 22.8. The minimum Gasteiger partial charge on any atom is -0.486 e. The molecular formula is C31H51NO3. The van der Waals surface area contributed by atoms with Gasteiger partial charge in [-0.25, -0.2) is 4.79 Å². The van der Waals surface area contributed by atoms with E-state index in [1.54, 1.807) is 6.08 Å². The second kappa shape index (κ2) is 17.5. The first-order valence-electron chi connectivity index (χ1n) is 14.5. The lowest BCUT2D eigenvalue weighted by atomic mass is 10.0. The van der Waals surface area contributed by atoms with Crippen LogP contribution in [0.15, 0.2) is 24.3 Å². The van der Waals surface area contributed by atoms with Crippen molar-refractivity contribution in [3.63, 3.8) is 0 Å². The first-order valence-corrected chi connectivity index (χ1v) is 14.5. The molecule has 1 heterocycles. The summed E-state index contributed by atoms with van der Waals surface area (Å²) in [7, 11) is 0. The molecule has 1 aromatic rings. The summed E-state index contributed by atoms with van der Waals surface area (Å²) in [5, 5.41) is 8.87. The number of carbonyl (C=O) groups is 1. The molecular weight excluding hydrogens is 434 g/mol. The molecule has 1 aliphatic rings. The average molecular weight is 486 g/mol. The lowest BCUT2D eigenvalue weighted by Gasteiger charge is -2.41. The molecule has 198 valence electrons. The number of carboxylic acid groups (broad SMARTS) is 1. The molecule has 2 rings (SSSR count). The predicted octanol–water partition coefficient (Wildman–Crippen LogP) is 9.02. The van der Waals surface area contributed by atoms with E-state index in [0.717, 1.165) is 23.5 Å². The van der Waals surface area contributed by atoms with E-state index in [0.29, 0.717) is 6.04 Å². The summed E-state index contributed by atoms with van der Waals surface area (Å²) >= 11 is 0. The number of fused-ring (bicyclic) bond motifs is 1. The number of anilines is 1. The van der Waals surface area contributed by atoms with Crippen LogP contribution < -0.4 is 9.64 Å². The summed E-state index contributed by atoms with van der Waals surface area (Å²) in [5.41, 5.74) is 1.99. The van der Waals surface area contributed by atoms with Crippen LogP contribution in [-0.2, 0) is 4.79 Å². The first kappa shape index (κ1) is 29.3. The van der Waals surface area contributed by atoms with Crippen LogP contribution in [0.4, 0.5) is 5.69 Å². The van der Waals surface area contributed by atoms with Gasteiger partial charge in [0.05, 0.1) is 11.7 Å². The number of unbranched alkanes of at least 4 members (excludes halogenated alkanes) is 15. The quantitative estimate of drug-likeness (QED) is 0.157. The molecule has 0 saturated heterocycles. The van der Waals surface area contributed by atoms with Gasteiger partial charge >= 0.3 is 5.97 Å². The lowest BCUT2D eigenvalue weighted by Crippen LogP contribution is -2.47. The third-order valence-electron chi connectivity index (χ3n) is 7.45. The van der Waals surface area contributed by atoms with E-state index in [1.807, 2.05) is 12.1 Å². The van der Waals surface area contributed by atoms with Crippen LogP contribution in [0.25, 0.3) is 6.08 Å². The maximum Gasteiger partial charge on any atom is 0.328 e. The molecule has 2 atom stereocenters. The van der Waals surface area contributed by atoms with Crippen LogP contribution in [0.3, 0.4) is 0 Å². The Bertz CT molecular complexity index is 745. The van der Waals surface area contributed by atoms with Gasteiger partial charge in [-0.2, -0.15) is 0 Å². The van der Waals surface area contributed by atoms with Gasteiger partial charge in [-0.1, -0.05) is 109 Å². The average Bonchev–Trinajstić information content (AvgIpc) is 2.84. The third-order valence-corrected chi connectivity index (χ3v) is 7.45. The Labute approximate surface area is 215 Å². The first-order chi connectivity index (χ1) is 17.0. The second-order valence-corrected chi connectivity index (χ2v) is 10.5. The predicted molar refractivity (Wildman–Crippen MR) is 150 cm³/mol. The Kier molecular flexibility index (Phi) is 14.6. The summed E-state index contributed by atoms with van der Waals surface area (Å²) in [5.74, 6) is -0.0737. The highest BCUT2D eigenvalue weighted by Crippen LogP contribution is 2.37. The highest BCUT2D eigenvalue weighted by molar-refractivity contribution is 5.85. The number of aliphatic carboxylic acids is 1. The molecule has 0 aliphatic carbocycles. The van der Waals surface area contributed by atoms with Gasteiger partial charge in [0.15, 0.2) is 0 Å². The molecule has 4 nitrogen and oxygen atoms in total. The monoisotopic (exact) mass is 485 g/mol. The second-order valence-electron chi connectivity index (χ2n) is 10.5. The Morgan fingerprint density at radius 1 is 0.857 bits per heavy atom. The highest BCUT2D eigenvalue weighted by Gasteiger charge is 2.29. The molecule has 1 aromatic carbocycles. The van der Waals surface area contributed by atoms with E-state index >= 15 is 0 Å². The normalized spacial score (nSPS) is 17.5. The molecule has 1 N–H and O–H groups in total. The van der Waals surface area contributed by atoms with Crippen molar-refractivity contribution in [1.29, 1.82) is 0 Å². The molecule has 1 aliphatic heterocycles. The summed E-state index contributed by atoms with van der Waals surface area (Å²) in [4.78, 5) is 13.3. The number of hydrogen-bond donors (Lipinski definition) is 1. The molecule has 0 bridgehead atoms. The zero-order valence-corrected chi connectivity index (χ0v) is 22.8. The summed E-state index contributed by atoms with van der Waals surface area (Å²) < 4.78 is 6.13. The van der Waals surface area contributed by atoms with Gasteiger partial charge in [0.2, 0.25) is 0 Å². The molecule has 0 radical (unpaired) electrons. The van der Waals surface area contributed by atoms with Crippen molar-refractivity contribution >= 4 is 17.7 Å². The van der Waals surface area contributed by atoms with E-state index in [-0.39, 0.29) is 6.10 Å². The number of hydrogen-bond acceptors (Lipinski definition) is 3. The van der Waals surface area contributed by atoms with Gasteiger partial charge in [0.1, 0.15) is 11.9 Å². The smallest absolute Gasteiger partial charge is 0.328 e. The van der Waals surface area contributed by atoms with Crippen LogP contribution in [-0.4, -0.2) is 29.8 Å². The molecule has 0 amide bonds. The van der Waals surface area contributed by atoms with Crippen LogP contribution in [0.2, 0.25) is 0 Å². The number of ether oxygens (including phenoxy) is 1. The lowest BCUT2D eigenvalue weighted by molar-refractivity contribution is -0.131. The fraction of sp³-hybridized carbons (Fsp3) is 0.710. The molecule has 0 spiro atoms. The molecule has 35 heavy (non-hydrogen) atoms. The minimum atomic E-state index is -0.934. The molecule has 4 heteroatoms. The van der Waals surface area contributed by atoms with Gasteiger partial charge in [0.25, 0.3) is 0 Å². The molecule has 2 unspecified atom stereocenters. The topological polar surface area (TPSA) is 49.8 Å². The SMILES string of the molecule is CCCCCCCCCCCCCCCCCCN1c2ccc(C=CC(=O)O)cc2OC(C)C1C. The maximum atomic E-state index is 10.8. The fourth-order valence-corrected chi connectivity index (χ4v) is 5.06. The van der Waals surface area contributed by atoms with Gasteiger partial charge in [-0.05, 0) is 44.0 Å². The summed E-state index contributed by atoms with van der Waals surface area (Å²) in [6.07, 6.45) is 25.1. The highest BCUT2D eigenvalue weighted by atomic mass is 16.5. The van der Waals surface area contributed by atoms with Crippen molar-refractivity contribution in [2.24, 2.45) is 0 Å². The van der Waals surface area contributed by atoms with Gasteiger partial charge in [-0.15, -0.1) is 0 Å². The third kappa shape index (κ3) is 11.5.